The van der Waals surface area contributed by atoms with Crippen LogP contribution in [0.15, 0.2) is 48.7 Å². The van der Waals surface area contributed by atoms with E-state index in [9.17, 15) is 4.79 Å². The smallest absolute Gasteiger partial charge is 0.239 e. The Labute approximate surface area is 181 Å². The highest BCUT2D eigenvalue weighted by atomic mass is 16.5. The maximum Gasteiger partial charge on any atom is 0.239 e. The molecule has 1 amide bonds. The van der Waals surface area contributed by atoms with Crippen molar-refractivity contribution < 1.29 is 19.0 Å². The number of amides is 1. The van der Waals surface area contributed by atoms with E-state index in [0.29, 0.717) is 37.8 Å². The Balaban J connectivity index is 1.57. The van der Waals surface area contributed by atoms with E-state index in [1.807, 2.05) is 42.5 Å². The number of benzene rings is 2. The van der Waals surface area contributed by atoms with Crippen molar-refractivity contribution >= 4 is 33.9 Å². The maximum absolute atomic E-state index is 11.7. The molecule has 2 heterocycles. The normalized spacial score (nSPS) is 13.7. The van der Waals surface area contributed by atoms with Gasteiger partial charge >= 0.3 is 0 Å². The van der Waals surface area contributed by atoms with Crippen LogP contribution in [-0.4, -0.2) is 58.0 Å². The van der Waals surface area contributed by atoms with Gasteiger partial charge in [-0.2, -0.15) is 0 Å². The van der Waals surface area contributed by atoms with Crippen molar-refractivity contribution in [1.82, 2.24) is 10.3 Å². The Morgan fingerprint density at radius 2 is 2.00 bits per heavy atom. The first kappa shape index (κ1) is 20.7. The molecule has 8 nitrogen and oxygen atoms in total. The minimum Gasteiger partial charge on any atom is -0.494 e. The monoisotopic (exact) mass is 422 g/mol. The number of carbonyl (C=O) groups excluding carboxylic acids is 1. The van der Waals surface area contributed by atoms with E-state index in [-0.39, 0.29) is 5.91 Å². The first-order valence-corrected chi connectivity index (χ1v) is 10.1. The predicted octanol–water partition coefficient (Wildman–Crippen LogP) is 2.95. The van der Waals surface area contributed by atoms with E-state index >= 15 is 0 Å². The van der Waals surface area contributed by atoms with E-state index in [1.165, 1.54) is 0 Å². The molecule has 0 aliphatic carbocycles. The van der Waals surface area contributed by atoms with Crippen LogP contribution in [0, 0.1) is 0 Å². The van der Waals surface area contributed by atoms with Gasteiger partial charge in [-0.25, -0.2) is 0 Å². The molecule has 0 unspecified atom stereocenters. The quantitative estimate of drug-likeness (QED) is 0.540. The fraction of sp³-hybridized carbons (Fsp3) is 0.304. The summed E-state index contributed by atoms with van der Waals surface area (Å²) in [7, 11) is 3.27. The number of aromatic nitrogens is 1. The molecule has 0 radical (unpaired) electrons. The van der Waals surface area contributed by atoms with Gasteiger partial charge in [0, 0.05) is 49.2 Å². The van der Waals surface area contributed by atoms with E-state index in [1.54, 1.807) is 20.4 Å². The topological polar surface area (TPSA) is 85.0 Å². The minimum atomic E-state index is 0.0384. The second-order valence-corrected chi connectivity index (χ2v) is 7.16. The number of hydrogen-bond donors (Lipinski definition) is 2. The van der Waals surface area contributed by atoms with Gasteiger partial charge in [0.25, 0.3) is 0 Å². The average Bonchev–Trinajstić information content (AvgIpc) is 2.80. The summed E-state index contributed by atoms with van der Waals surface area (Å²) in [5, 5.41) is 7.28. The third-order valence-corrected chi connectivity index (χ3v) is 5.13. The van der Waals surface area contributed by atoms with Crippen LogP contribution in [0.1, 0.15) is 0 Å². The molecular weight excluding hydrogens is 396 g/mol. The zero-order valence-corrected chi connectivity index (χ0v) is 17.7. The van der Waals surface area contributed by atoms with Crippen molar-refractivity contribution in [2.24, 2.45) is 0 Å². The Morgan fingerprint density at radius 3 is 2.81 bits per heavy atom. The molecule has 0 atom stereocenters. The molecule has 4 rings (SSSR count). The van der Waals surface area contributed by atoms with Gasteiger partial charge in [-0.15, -0.1) is 0 Å². The molecule has 0 spiro atoms. The van der Waals surface area contributed by atoms with Gasteiger partial charge in [-0.3, -0.25) is 9.78 Å². The molecule has 2 aromatic carbocycles. The number of pyridine rings is 1. The van der Waals surface area contributed by atoms with Gasteiger partial charge < -0.3 is 29.7 Å². The number of piperazine rings is 1. The average molecular weight is 422 g/mol. The molecule has 1 fully saturated rings. The highest BCUT2D eigenvalue weighted by molar-refractivity contribution is 5.95. The highest BCUT2D eigenvalue weighted by Gasteiger charge is 2.17. The third-order valence-electron chi connectivity index (χ3n) is 5.13. The van der Waals surface area contributed by atoms with Crippen molar-refractivity contribution in [3.8, 4) is 11.5 Å². The summed E-state index contributed by atoms with van der Waals surface area (Å²) in [6.45, 7) is 2.79. The molecule has 2 N–H and O–H groups in total. The number of nitrogens with zero attached hydrogens (tertiary/aromatic N) is 2. The van der Waals surface area contributed by atoms with Crippen LogP contribution in [-0.2, 0) is 9.53 Å². The van der Waals surface area contributed by atoms with Crippen molar-refractivity contribution in [2.45, 2.75) is 0 Å². The summed E-state index contributed by atoms with van der Waals surface area (Å²) < 4.78 is 16.2. The molecule has 8 heteroatoms. The molecule has 1 aromatic heterocycles. The van der Waals surface area contributed by atoms with Crippen LogP contribution in [0.5, 0.6) is 11.5 Å². The SMILES string of the molecule is COCCOc1ccc(Nc2ccnc3cc(N4CCNC(=O)C4)ccc23)c(OC)c1. The Morgan fingerprint density at radius 1 is 1.10 bits per heavy atom. The third kappa shape index (κ3) is 4.80. The molecule has 1 aliphatic heterocycles. The first-order valence-electron chi connectivity index (χ1n) is 10.1. The zero-order valence-electron chi connectivity index (χ0n) is 17.7. The van der Waals surface area contributed by atoms with Crippen LogP contribution in [0.3, 0.4) is 0 Å². The molecule has 0 saturated carbocycles. The van der Waals surface area contributed by atoms with Crippen molar-refractivity contribution in [3.63, 3.8) is 0 Å². The first-order chi connectivity index (χ1) is 15.2. The Hall–Kier alpha value is -3.52. The van der Waals surface area contributed by atoms with Crippen molar-refractivity contribution in [3.05, 3.63) is 48.7 Å². The number of anilines is 3. The van der Waals surface area contributed by atoms with Gasteiger partial charge in [0.2, 0.25) is 5.91 Å². The summed E-state index contributed by atoms with van der Waals surface area (Å²) in [5.41, 5.74) is 3.58. The number of methoxy groups -OCH3 is 2. The summed E-state index contributed by atoms with van der Waals surface area (Å²) in [6, 6.07) is 13.7. The molecule has 1 aliphatic rings. The van der Waals surface area contributed by atoms with E-state index < -0.39 is 0 Å². The second kappa shape index (κ2) is 9.53. The molecule has 3 aromatic rings. The number of ether oxygens (including phenoxy) is 3. The van der Waals surface area contributed by atoms with Gasteiger partial charge in [-0.1, -0.05) is 0 Å². The summed E-state index contributed by atoms with van der Waals surface area (Å²) in [5.74, 6) is 1.43. The highest BCUT2D eigenvalue weighted by Crippen LogP contribution is 2.34. The molecule has 0 bridgehead atoms. The van der Waals surface area contributed by atoms with E-state index in [0.717, 1.165) is 34.5 Å². The molecule has 31 heavy (non-hydrogen) atoms. The molecule has 1 saturated heterocycles. The minimum absolute atomic E-state index is 0.0384. The number of nitrogens with one attached hydrogen (secondary N) is 2. The van der Waals surface area contributed by atoms with E-state index in [2.05, 4.69) is 20.5 Å². The Kier molecular flexibility index (Phi) is 6.37. The summed E-state index contributed by atoms with van der Waals surface area (Å²) in [6.07, 6.45) is 1.77. The zero-order chi connectivity index (χ0) is 21.6. The molecular formula is C23H26N4O4. The number of hydrogen-bond acceptors (Lipinski definition) is 7. The van der Waals surface area contributed by atoms with Crippen molar-refractivity contribution in [2.75, 3.05) is 57.3 Å². The molecule has 162 valence electrons. The lowest BCUT2D eigenvalue weighted by Gasteiger charge is -2.28. The summed E-state index contributed by atoms with van der Waals surface area (Å²) >= 11 is 0. The Bertz CT molecular complexity index is 1070. The maximum atomic E-state index is 11.7. The lowest BCUT2D eigenvalue weighted by atomic mass is 10.1. The van der Waals surface area contributed by atoms with Crippen LogP contribution in [0.4, 0.5) is 17.1 Å². The van der Waals surface area contributed by atoms with Crippen LogP contribution in [0.2, 0.25) is 0 Å². The standard InChI is InChI=1S/C23H26N4O4/c1-29-11-12-31-17-4-6-20(22(14-17)30-2)26-19-7-8-24-21-13-16(3-5-18(19)21)27-10-9-25-23(28)15-27/h3-8,13-14H,9-12,15H2,1-2H3,(H,24,26)(H,25,28). The number of rotatable bonds is 8. The fourth-order valence-corrected chi connectivity index (χ4v) is 3.55. The lowest BCUT2D eigenvalue weighted by Crippen LogP contribution is -2.47. The van der Waals surface area contributed by atoms with E-state index in [4.69, 9.17) is 14.2 Å². The predicted molar refractivity (Wildman–Crippen MR) is 121 cm³/mol. The lowest BCUT2D eigenvalue weighted by molar-refractivity contribution is -0.120. The van der Waals surface area contributed by atoms with Gasteiger partial charge in [0.1, 0.15) is 18.1 Å². The fourth-order valence-electron chi connectivity index (χ4n) is 3.55. The van der Waals surface area contributed by atoms with Crippen LogP contribution < -0.4 is 25.0 Å². The van der Waals surface area contributed by atoms with Crippen LogP contribution in [0.25, 0.3) is 10.9 Å². The largest absolute Gasteiger partial charge is 0.494 e. The second-order valence-electron chi connectivity index (χ2n) is 7.16. The van der Waals surface area contributed by atoms with Crippen molar-refractivity contribution in [1.29, 1.82) is 0 Å². The van der Waals surface area contributed by atoms with Gasteiger partial charge in [0.15, 0.2) is 0 Å². The number of fused-ring (bicyclic) bond motifs is 1. The van der Waals surface area contributed by atoms with Gasteiger partial charge in [-0.05, 0) is 36.4 Å². The van der Waals surface area contributed by atoms with Gasteiger partial charge in [0.05, 0.1) is 31.5 Å². The number of carbonyl (C=O) groups is 1. The summed E-state index contributed by atoms with van der Waals surface area (Å²) in [4.78, 5) is 18.3. The van der Waals surface area contributed by atoms with Crippen LogP contribution >= 0.6 is 0 Å².